The van der Waals surface area contributed by atoms with E-state index < -0.39 is 0 Å². The van der Waals surface area contributed by atoms with Crippen LogP contribution < -0.4 is 5.32 Å². The van der Waals surface area contributed by atoms with Crippen molar-refractivity contribution in [3.63, 3.8) is 0 Å². The Kier molecular flexibility index (Phi) is 6.31. The lowest BCUT2D eigenvalue weighted by atomic mass is 10.0. The van der Waals surface area contributed by atoms with Crippen LogP contribution >= 0.6 is 12.2 Å². The minimum atomic E-state index is -0.0443. The fourth-order valence-electron chi connectivity index (χ4n) is 2.51. The zero-order valence-electron chi connectivity index (χ0n) is 14.8. The molecule has 0 aliphatic carbocycles. The monoisotopic (exact) mass is 346 g/mol. The maximum atomic E-state index is 12.3. The predicted molar refractivity (Wildman–Crippen MR) is 99.3 cm³/mol. The quantitative estimate of drug-likeness (QED) is 0.748. The van der Waals surface area contributed by atoms with E-state index in [9.17, 15) is 4.79 Å². The van der Waals surface area contributed by atoms with Gasteiger partial charge in [-0.25, -0.2) is 0 Å². The topological polar surface area (TPSA) is 62.7 Å². The molecule has 0 radical (unpaired) electrons. The first-order chi connectivity index (χ1) is 11.4. The van der Waals surface area contributed by atoms with Gasteiger partial charge in [-0.05, 0) is 44.8 Å². The standard InChI is InChI=1S/C18H26N4OS/c1-12(2)5-8-14(4)19-16(23)11-22-17(20-21-18(22)24)15-9-6-13(3)7-10-15/h6-7,9-10,12,14H,5,8,11H2,1-4H3,(H,19,23)(H,21,24). The molecule has 1 heterocycles. The molecular formula is C18H26N4OS. The van der Waals surface area contributed by atoms with Gasteiger partial charge in [0.2, 0.25) is 5.91 Å². The highest BCUT2D eigenvalue weighted by molar-refractivity contribution is 7.71. The van der Waals surface area contributed by atoms with Crippen LogP contribution in [0.1, 0.15) is 39.2 Å². The number of benzene rings is 1. The largest absolute Gasteiger partial charge is 0.352 e. The molecule has 2 rings (SSSR count). The summed E-state index contributed by atoms with van der Waals surface area (Å²) in [5.74, 6) is 1.28. The molecule has 0 aliphatic heterocycles. The van der Waals surface area contributed by atoms with Gasteiger partial charge in [0.05, 0.1) is 0 Å². The minimum absolute atomic E-state index is 0.0443. The van der Waals surface area contributed by atoms with E-state index in [1.54, 1.807) is 4.57 Å². The number of aromatic nitrogens is 3. The van der Waals surface area contributed by atoms with Gasteiger partial charge in [0.25, 0.3) is 0 Å². The normalized spacial score (nSPS) is 12.4. The Morgan fingerprint density at radius 3 is 2.54 bits per heavy atom. The van der Waals surface area contributed by atoms with Gasteiger partial charge in [-0.2, -0.15) is 5.10 Å². The molecule has 130 valence electrons. The summed E-state index contributed by atoms with van der Waals surface area (Å²) in [5.41, 5.74) is 2.12. The molecule has 2 N–H and O–H groups in total. The molecule has 24 heavy (non-hydrogen) atoms. The van der Waals surface area contributed by atoms with Gasteiger partial charge in [-0.15, -0.1) is 0 Å². The Balaban J connectivity index is 2.07. The van der Waals surface area contributed by atoms with Crippen molar-refractivity contribution in [1.29, 1.82) is 0 Å². The number of H-pyrrole nitrogens is 1. The van der Waals surface area contributed by atoms with E-state index in [4.69, 9.17) is 12.2 Å². The summed E-state index contributed by atoms with van der Waals surface area (Å²) < 4.78 is 2.19. The second kappa shape index (κ2) is 8.24. The van der Waals surface area contributed by atoms with Crippen molar-refractivity contribution in [2.24, 2.45) is 5.92 Å². The van der Waals surface area contributed by atoms with Crippen molar-refractivity contribution in [1.82, 2.24) is 20.1 Å². The molecule has 5 nitrogen and oxygen atoms in total. The average molecular weight is 347 g/mol. The summed E-state index contributed by atoms with van der Waals surface area (Å²) in [5, 5.41) is 10.1. The van der Waals surface area contributed by atoms with Gasteiger partial charge in [0.1, 0.15) is 6.54 Å². The first kappa shape index (κ1) is 18.4. The molecule has 1 aromatic carbocycles. The SMILES string of the molecule is Cc1ccc(-c2n[nH]c(=S)n2CC(=O)NC(C)CCC(C)C)cc1. The molecule has 2 aromatic rings. The van der Waals surface area contributed by atoms with Crippen LogP contribution in [0.3, 0.4) is 0 Å². The third kappa shape index (κ3) is 5.03. The van der Waals surface area contributed by atoms with Crippen LogP contribution in [0.2, 0.25) is 0 Å². The van der Waals surface area contributed by atoms with Gasteiger partial charge in [0.15, 0.2) is 10.6 Å². The fraction of sp³-hybridized carbons (Fsp3) is 0.500. The lowest BCUT2D eigenvalue weighted by Gasteiger charge is -2.15. The van der Waals surface area contributed by atoms with Gasteiger partial charge < -0.3 is 5.32 Å². The number of nitrogens with zero attached hydrogens (tertiary/aromatic N) is 2. The number of amides is 1. The summed E-state index contributed by atoms with van der Waals surface area (Å²) in [6, 6.07) is 8.17. The van der Waals surface area contributed by atoms with Crippen LogP contribution in [0, 0.1) is 17.6 Å². The number of aromatic amines is 1. The van der Waals surface area contributed by atoms with E-state index in [0.29, 0.717) is 16.5 Å². The molecule has 0 saturated heterocycles. The van der Waals surface area contributed by atoms with Crippen LogP contribution in [0.4, 0.5) is 0 Å². The molecule has 1 unspecified atom stereocenters. The van der Waals surface area contributed by atoms with E-state index in [-0.39, 0.29) is 18.5 Å². The Bertz CT molecular complexity index is 730. The molecule has 0 bridgehead atoms. The molecule has 1 atom stereocenters. The van der Waals surface area contributed by atoms with Gasteiger partial charge >= 0.3 is 0 Å². The Hall–Kier alpha value is -1.95. The van der Waals surface area contributed by atoms with Crippen LogP contribution in [0.25, 0.3) is 11.4 Å². The number of aryl methyl sites for hydroxylation is 1. The summed E-state index contributed by atoms with van der Waals surface area (Å²) in [6.45, 7) is 8.62. The van der Waals surface area contributed by atoms with E-state index >= 15 is 0 Å². The summed E-state index contributed by atoms with van der Waals surface area (Å²) >= 11 is 5.28. The minimum Gasteiger partial charge on any atom is -0.352 e. The zero-order chi connectivity index (χ0) is 17.7. The lowest BCUT2D eigenvalue weighted by Crippen LogP contribution is -2.35. The van der Waals surface area contributed by atoms with E-state index in [0.717, 1.165) is 18.4 Å². The van der Waals surface area contributed by atoms with Crippen LogP contribution in [-0.2, 0) is 11.3 Å². The van der Waals surface area contributed by atoms with E-state index in [1.165, 1.54) is 5.56 Å². The molecule has 0 spiro atoms. The lowest BCUT2D eigenvalue weighted by molar-refractivity contribution is -0.122. The number of hydrogen-bond donors (Lipinski definition) is 2. The average Bonchev–Trinajstić information content (AvgIpc) is 2.87. The maximum absolute atomic E-state index is 12.3. The predicted octanol–water partition coefficient (Wildman–Crippen LogP) is 3.86. The summed E-state index contributed by atoms with van der Waals surface area (Å²) in [4.78, 5) is 12.3. The van der Waals surface area contributed by atoms with Crippen LogP contribution in [-0.4, -0.2) is 26.7 Å². The highest BCUT2D eigenvalue weighted by Gasteiger charge is 2.14. The van der Waals surface area contributed by atoms with Crippen molar-refractivity contribution in [3.05, 3.63) is 34.6 Å². The number of rotatable bonds is 7. The number of hydrogen-bond acceptors (Lipinski definition) is 3. The highest BCUT2D eigenvalue weighted by atomic mass is 32.1. The summed E-state index contributed by atoms with van der Waals surface area (Å²) in [7, 11) is 0. The Morgan fingerprint density at radius 1 is 1.25 bits per heavy atom. The third-order valence-electron chi connectivity index (χ3n) is 3.95. The fourth-order valence-corrected chi connectivity index (χ4v) is 2.70. The number of nitrogens with one attached hydrogen (secondary N) is 2. The Morgan fingerprint density at radius 2 is 1.92 bits per heavy atom. The number of carbonyl (C=O) groups excluding carboxylic acids is 1. The molecule has 0 saturated carbocycles. The van der Waals surface area contributed by atoms with Gasteiger partial charge in [0, 0.05) is 11.6 Å². The van der Waals surface area contributed by atoms with Crippen LogP contribution in [0.5, 0.6) is 0 Å². The molecule has 0 fully saturated rings. The van der Waals surface area contributed by atoms with E-state index in [2.05, 4.69) is 29.4 Å². The van der Waals surface area contributed by atoms with Crippen molar-refractivity contribution < 1.29 is 4.79 Å². The van der Waals surface area contributed by atoms with Crippen LogP contribution in [0.15, 0.2) is 24.3 Å². The first-order valence-corrected chi connectivity index (χ1v) is 8.79. The number of carbonyl (C=O) groups is 1. The highest BCUT2D eigenvalue weighted by Crippen LogP contribution is 2.18. The maximum Gasteiger partial charge on any atom is 0.240 e. The van der Waals surface area contributed by atoms with Crippen molar-refractivity contribution in [3.8, 4) is 11.4 Å². The molecule has 6 heteroatoms. The van der Waals surface area contributed by atoms with Gasteiger partial charge in [-0.1, -0.05) is 43.7 Å². The summed E-state index contributed by atoms with van der Waals surface area (Å²) in [6.07, 6.45) is 2.08. The smallest absolute Gasteiger partial charge is 0.240 e. The van der Waals surface area contributed by atoms with Gasteiger partial charge in [-0.3, -0.25) is 14.5 Å². The van der Waals surface area contributed by atoms with Crippen molar-refractivity contribution in [2.45, 2.75) is 53.1 Å². The second-order valence-electron chi connectivity index (χ2n) is 6.74. The molecular weight excluding hydrogens is 320 g/mol. The van der Waals surface area contributed by atoms with Crippen molar-refractivity contribution in [2.75, 3.05) is 0 Å². The van der Waals surface area contributed by atoms with Crippen molar-refractivity contribution >= 4 is 18.1 Å². The first-order valence-electron chi connectivity index (χ1n) is 8.38. The Labute approximate surface area is 148 Å². The molecule has 1 amide bonds. The van der Waals surface area contributed by atoms with E-state index in [1.807, 2.05) is 38.1 Å². The third-order valence-corrected chi connectivity index (χ3v) is 4.27. The second-order valence-corrected chi connectivity index (χ2v) is 7.13. The molecule has 0 aliphatic rings. The zero-order valence-corrected chi connectivity index (χ0v) is 15.6. The molecule has 1 aromatic heterocycles.